The summed E-state index contributed by atoms with van der Waals surface area (Å²) in [5.41, 5.74) is 6.44. The van der Waals surface area contributed by atoms with Gasteiger partial charge in [-0.25, -0.2) is 4.68 Å². The Hall–Kier alpha value is -5.12. The number of fused-ring (bicyclic) bond motifs is 1. The number of rotatable bonds is 8. The minimum absolute atomic E-state index is 0.202. The third-order valence-corrected chi connectivity index (χ3v) is 6.87. The molecular weight excluding hydrogens is 520 g/mol. The number of allylic oxidation sites excluding steroid dienone is 1. The monoisotopic (exact) mass is 552 g/mol. The molecule has 0 spiro atoms. The van der Waals surface area contributed by atoms with Crippen LogP contribution in [0.2, 0.25) is 0 Å². The maximum absolute atomic E-state index is 13.5. The van der Waals surface area contributed by atoms with E-state index in [2.05, 4.69) is 26.0 Å². The van der Waals surface area contributed by atoms with Gasteiger partial charge in [0.15, 0.2) is 18.1 Å². The average molecular weight is 553 g/mol. The van der Waals surface area contributed by atoms with Crippen LogP contribution in [0.15, 0.2) is 78.3 Å². The fourth-order valence-electron chi connectivity index (χ4n) is 5.08. The van der Waals surface area contributed by atoms with E-state index in [1.807, 2.05) is 76.2 Å². The lowest BCUT2D eigenvalue weighted by molar-refractivity contribution is -0.118. The van der Waals surface area contributed by atoms with Crippen molar-refractivity contribution in [3.05, 3.63) is 101 Å². The number of benzene rings is 3. The highest BCUT2D eigenvalue weighted by Gasteiger charge is 2.34. The average Bonchev–Trinajstić information content (AvgIpc) is 3.41. The van der Waals surface area contributed by atoms with E-state index in [0.29, 0.717) is 34.4 Å². The number of methoxy groups -OCH3 is 1. The molecular formula is C31H32N6O4. The molecule has 0 radical (unpaired) electrons. The third-order valence-electron chi connectivity index (χ3n) is 6.87. The first-order valence-corrected chi connectivity index (χ1v) is 13.2. The molecule has 41 heavy (non-hydrogen) atoms. The molecule has 1 atom stereocenters. The zero-order chi connectivity index (χ0) is 29.1. The van der Waals surface area contributed by atoms with Crippen molar-refractivity contribution in [2.75, 3.05) is 29.7 Å². The van der Waals surface area contributed by atoms with Gasteiger partial charge in [0.2, 0.25) is 5.95 Å². The summed E-state index contributed by atoms with van der Waals surface area (Å²) in [7, 11) is 1.53. The molecule has 1 unspecified atom stereocenters. The summed E-state index contributed by atoms with van der Waals surface area (Å²) < 4.78 is 13.1. The van der Waals surface area contributed by atoms with E-state index in [-0.39, 0.29) is 18.4 Å². The fourth-order valence-corrected chi connectivity index (χ4v) is 5.08. The van der Waals surface area contributed by atoms with Gasteiger partial charge in [0.1, 0.15) is 12.4 Å². The Kier molecular flexibility index (Phi) is 7.73. The third kappa shape index (κ3) is 5.76. The maximum Gasteiger partial charge on any atom is 0.262 e. The van der Waals surface area contributed by atoms with Gasteiger partial charge in [-0.1, -0.05) is 42.0 Å². The zero-order valence-corrected chi connectivity index (χ0v) is 23.6. The van der Waals surface area contributed by atoms with Crippen molar-refractivity contribution in [3.63, 3.8) is 0 Å². The smallest absolute Gasteiger partial charge is 0.262 e. The molecule has 0 saturated heterocycles. The number of amides is 2. The molecule has 2 heterocycles. The lowest BCUT2D eigenvalue weighted by atomic mass is 9.94. The number of aryl methyl sites for hydroxylation is 3. The molecule has 10 heteroatoms. The van der Waals surface area contributed by atoms with Gasteiger partial charge in [0, 0.05) is 17.1 Å². The van der Waals surface area contributed by atoms with Gasteiger partial charge in [0.05, 0.1) is 12.7 Å². The molecule has 4 aromatic rings. The first-order chi connectivity index (χ1) is 19.7. The summed E-state index contributed by atoms with van der Waals surface area (Å²) in [6, 6.07) is 18.1. The van der Waals surface area contributed by atoms with Gasteiger partial charge >= 0.3 is 0 Å². The second-order valence-corrected chi connectivity index (χ2v) is 9.94. The predicted octanol–water partition coefficient (Wildman–Crippen LogP) is 5.16. The molecule has 1 aliphatic rings. The van der Waals surface area contributed by atoms with E-state index in [1.165, 1.54) is 13.4 Å². The maximum atomic E-state index is 13.5. The van der Waals surface area contributed by atoms with E-state index in [1.54, 1.807) is 16.8 Å². The highest BCUT2D eigenvalue weighted by molar-refractivity contribution is 6.06. The predicted molar refractivity (Wildman–Crippen MR) is 157 cm³/mol. The van der Waals surface area contributed by atoms with Crippen molar-refractivity contribution in [3.8, 4) is 11.5 Å². The van der Waals surface area contributed by atoms with E-state index in [9.17, 15) is 9.59 Å². The topological polar surface area (TPSA) is 119 Å². The molecule has 5 rings (SSSR count). The van der Waals surface area contributed by atoms with Crippen LogP contribution in [-0.4, -0.2) is 40.3 Å². The van der Waals surface area contributed by atoms with Crippen LogP contribution in [0.3, 0.4) is 0 Å². The summed E-state index contributed by atoms with van der Waals surface area (Å²) in [5, 5.41) is 13.5. The molecule has 0 saturated carbocycles. The second-order valence-electron chi connectivity index (χ2n) is 9.94. The van der Waals surface area contributed by atoms with Crippen molar-refractivity contribution in [1.82, 2.24) is 14.8 Å². The van der Waals surface area contributed by atoms with Crippen LogP contribution in [0.5, 0.6) is 11.5 Å². The number of nitrogens with one attached hydrogen (secondary N) is 3. The number of carbonyl (C=O) groups excluding carboxylic acids is 2. The van der Waals surface area contributed by atoms with Crippen molar-refractivity contribution in [2.24, 2.45) is 0 Å². The molecule has 1 aromatic heterocycles. The van der Waals surface area contributed by atoms with Crippen LogP contribution in [0.1, 0.15) is 35.2 Å². The quantitative estimate of drug-likeness (QED) is 0.276. The van der Waals surface area contributed by atoms with Crippen LogP contribution in [0.25, 0.3) is 0 Å². The number of carbonyl (C=O) groups is 2. The number of ether oxygens (including phenoxy) is 2. The second kappa shape index (κ2) is 11.5. The Bertz CT molecular complexity index is 1620. The molecule has 1 aliphatic heterocycles. The van der Waals surface area contributed by atoms with E-state index in [4.69, 9.17) is 9.47 Å². The summed E-state index contributed by atoms with van der Waals surface area (Å²) in [4.78, 5) is 30.6. The summed E-state index contributed by atoms with van der Waals surface area (Å²) in [6.07, 6.45) is 1.44. The van der Waals surface area contributed by atoms with Gasteiger partial charge in [-0.05, 0) is 68.7 Å². The molecule has 0 aliphatic carbocycles. The minimum Gasteiger partial charge on any atom is -0.493 e. The molecule has 3 N–H and O–H groups in total. The lowest BCUT2D eigenvalue weighted by Crippen LogP contribution is -2.31. The Morgan fingerprint density at radius 1 is 0.951 bits per heavy atom. The van der Waals surface area contributed by atoms with Gasteiger partial charge < -0.3 is 25.4 Å². The van der Waals surface area contributed by atoms with Crippen molar-refractivity contribution < 1.29 is 19.1 Å². The van der Waals surface area contributed by atoms with Crippen molar-refractivity contribution in [2.45, 2.75) is 33.7 Å². The Labute approximate surface area is 238 Å². The summed E-state index contributed by atoms with van der Waals surface area (Å²) in [5.74, 6) is 0.771. The van der Waals surface area contributed by atoms with E-state index >= 15 is 0 Å². The zero-order valence-electron chi connectivity index (χ0n) is 23.6. The molecule has 0 fully saturated rings. The first-order valence-electron chi connectivity index (χ1n) is 13.2. The molecule has 2 amide bonds. The Morgan fingerprint density at radius 3 is 2.39 bits per heavy atom. The van der Waals surface area contributed by atoms with Gasteiger partial charge in [-0.3, -0.25) is 9.59 Å². The standard InChI is InChI=1S/C31H32N6O4/c1-18-13-19(2)28(20(3)14-18)36-26(38)16-41-24-12-11-22(15-25(24)40-5)29-27(21(4)34-31-32-17-33-37(29)31)30(39)35-23-9-7-6-8-10-23/h6-15,17,29H,16H2,1-5H3,(H,35,39)(H,36,38)(H,32,33,34). The summed E-state index contributed by atoms with van der Waals surface area (Å²) in [6.45, 7) is 7.57. The van der Waals surface area contributed by atoms with Crippen LogP contribution < -0.4 is 25.4 Å². The number of anilines is 3. The number of hydrogen-bond acceptors (Lipinski definition) is 7. The number of para-hydroxylation sites is 1. The van der Waals surface area contributed by atoms with Crippen molar-refractivity contribution in [1.29, 1.82) is 0 Å². The summed E-state index contributed by atoms with van der Waals surface area (Å²) >= 11 is 0. The molecule has 3 aromatic carbocycles. The van der Waals surface area contributed by atoms with E-state index in [0.717, 1.165) is 27.9 Å². The van der Waals surface area contributed by atoms with Gasteiger partial charge in [-0.2, -0.15) is 10.1 Å². The Balaban J connectivity index is 1.39. The van der Waals surface area contributed by atoms with Gasteiger partial charge in [0.25, 0.3) is 11.8 Å². The van der Waals surface area contributed by atoms with Crippen molar-refractivity contribution >= 4 is 29.1 Å². The van der Waals surface area contributed by atoms with Gasteiger partial charge in [-0.15, -0.1) is 0 Å². The first kappa shape index (κ1) is 27.4. The van der Waals surface area contributed by atoms with Crippen LogP contribution in [0, 0.1) is 20.8 Å². The highest BCUT2D eigenvalue weighted by atomic mass is 16.5. The minimum atomic E-state index is -0.587. The largest absolute Gasteiger partial charge is 0.493 e. The SMILES string of the molecule is COc1cc(C2C(C(=O)Nc3ccccc3)=C(C)Nc3ncnn32)ccc1OCC(=O)Nc1c(C)cc(C)cc1C. The fraction of sp³-hybridized carbons (Fsp3) is 0.226. The number of hydrogen-bond donors (Lipinski definition) is 3. The highest BCUT2D eigenvalue weighted by Crippen LogP contribution is 2.39. The van der Waals surface area contributed by atoms with Crippen LogP contribution in [-0.2, 0) is 9.59 Å². The van der Waals surface area contributed by atoms with Crippen LogP contribution >= 0.6 is 0 Å². The van der Waals surface area contributed by atoms with E-state index < -0.39 is 6.04 Å². The van der Waals surface area contributed by atoms with Crippen LogP contribution in [0.4, 0.5) is 17.3 Å². The molecule has 0 bridgehead atoms. The normalized spacial score (nSPS) is 14.1. The molecule has 210 valence electrons. The Morgan fingerprint density at radius 2 is 1.68 bits per heavy atom. The number of nitrogens with zero attached hydrogens (tertiary/aromatic N) is 3. The molecule has 10 nitrogen and oxygen atoms in total. The number of aromatic nitrogens is 3. The lowest BCUT2D eigenvalue weighted by Gasteiger charge is -2.29.